The first-order chi connectivity index (χ1) is 15.9. The molecule has 0 aliphatic carbocycles. The summed E-state index contributed by atoms with van der Waals surface area (Å²) in [5, 5.41) is 3.42. The van der Waals surface area contributed by atoms with Crippen LogP contribution in [0.1, 0.15) is 44.6 Å². The van der Waals surface area contributed by atoms with E-state index in [0.717, 1.165) is 17.1 Å². The monoisotopic (exact) mass is 445 g/mol. The van der Waals surface area contributed by atoms with Gasteiger partial charge in [-0.25, -0.2) is 4.98 Å². The van der Waals surface area contributed by atoms with Crippen LogP contribution in [0.25, 0.3) is 11.3 Å². The van der Waals surface area contributed by atoms with Crippen LogP contribution in [-0.2, 0) is 11.3 Å². The molecule has 0 bridgehead atoms. The number of hydrogen-bond donors (Lipinski definition) is 2. The molecule has 1 fully saturated rings. The number of hydrogen-bond acceptors (Lipinski definition) is 4. The number of nitrogens with one attached hydrogen (secondary N) is 1. The first-order valence-corrected chi connectivity index (χ1v) is 11.8. The fraction of sp³-hybridized carbons (Fsp3) is 0.407. The van der Waals surface area contributed by atoms with E-state index in [2.05, 4.69) is 73.3 Å². The highest BCUT2D eigenvalue weighted by Crippen LogP contribution is 2.39. The van der Waals surface area contributed by atoms with Crippen LogP contribution in [0.2, 0.25) is 0 Å². The Balaban J connectivity index is 1.83. The van der Waals surface area contributed by atoms with E-state index < -0.39 is 0 Å². The molecule has 0 spiro atoms. The third-order valence-electron chi connectivity index (χ3n) is 6.24. The first-order valence-electron chi connectivity index (χ1n) is 11.8. The number of imidazole rings is 1. The Labute approximate surface area is 196 Å². The van der Waals surface area contributed by atoms with Gasteiger partial charge in [-0.1, -0.05) is 81.4 Å². The molecule has 6 nitrogen and oxygen atoms in total. The number of aromatic nitrogens is 2. The van der Waals surface area contributed by atoms with Gasteiger partial charge in [-0.3, -0.25) is 4.79 Å². The van der Waals surface area contributed by atoms with Gasteiger partial charge in [-0.05, 0) is 11.0 Å². The smallest absolute Gasteiger partial charge is 0.224 e. The quantitative estimate of drug-likeness (QED) is 0.605. The van der Waals surface area contributed by atoms with Crippen molar-refractivity contribution >= 4 is 5.91 Å². The largest absolute Gasteiger partial charge is 0.330 e. The average molecular weight is 446 g/mol. The predicted octanol–water partition coefficient (Wildman–Crippen LogP) is 3.83. The highest BCUT2D eigenvalue weighted by atomic mass is 16.2. The van der Waals surface area contributed by atoms with E-state index in [4.69, 9.17) is 10.7 Å². The van der Waals surface area contributed by atoms with E-state index in [-0.39, 0.29) is 23.4 Å². The number of amides is 1. The molecular weight excluding hydrogens is 410 g/mol. The molecule has 3 aromatic rings. The minimum Gasteiger partial charge on any atom is -0.330 e. The second-order valence-corrected chi connectivity index (χ2v) is 9.92. The van der Waals surface area contributed by atoms with Crippen molar-refractivity contribution in [1.29, 1.82) is 0 Å². The van der Waals surface area contributed by atoms with Crippen molar-refractivity contribution in [2.75, 3.05) is 19.6 Å². The van der Waals surface area contributed by atoms with E-state index in [0.29, 0.717) is 32.6 Å². The Kier molecular flexibility index (Phi) is 6.96. The molecule has 2 heterocycles. The van der Waals surface area contributed by atoms with Crippen LogP contribution in [0.5, 0.6) is 0 Å². The molecular formula is C27H35N5O. The van der Waals surface area contributed by atoms with Gasteiger partial charge in [0.05, 0.1) is 11.7 Å². The van der Waals surface area contributed by atoms with E-state index in [1.54, 1.807) is 0 Å². The molecule has 2 unspecified atom stereocenters. The molecule has 2 atom stereocenters. The Morgan fingerprint density at radius 2 is 1.76 bits per heavy atom. The zero-order valence-electron chi connectivity index (χ0n) is 19.9. The van der Waals surface area contributed by atoms with Gasteiger partial charge in [0.15, 0.2) is 0 Å². The highest BCUT2D eigenvalue weighted by molar-refractivity contribution is 5.77. The predicted molar refractivity (Wildman–Crippen MR) is 133 cm³/mol. The van der Waals surface area contributed by atoms with Crippen molar-refractivity contribution in [2.45, 2.75) is 45.8 Å². The molecule has 3 N–H and O–H groups in total. The Morgan fingerprint density at radius 3 is 2.39 bits per heavy atom. The molecule has 1 aliphatic heterocycles. The summed E-state index contributed by atoms with van der Waals surface area (Å²) in [5.41, 5.74) is 9.00. The maximum Gasteiger partial charge on any atom is 0.224 e. The summed E-state index contributed by atoms with van der Waals surface area (Å²) in [6.45, 7) is 8.98. The third-order valence-corrected chi connectivity index (χ3v) is 6.24. The van der Waals surface area contributed by atoms with Crippen LogP contribution in [0.4, 0.5) is 0 Å². The number of nitrogens with zero attached hydrogens (tertiary/aromatic N) is 3. The minimum atomic E-state index is -0.215. The standard InChI is InChI=1S/C27H35N5O/c1-27(2,3)25(32-18-22(16-28)29-15-14-24(32)33)26-30-23(21-12-8-5-9-13-21)19-31(26)17-20-10-6-4-7-11-20/h4-13,19,22,25,29H,14-18,28H2,1-3H3. The van der Waals surface area contributed by atoms with Crippen LogP contribution in [-0.4, -0.2) is 46.0 Å². The lowest BCUT2D eigenvalue weighted by Crippen LogP contribution is -2.48. The van der Waals surface area contributed by atoms with Crippen molar-refractivity contribution in [3.05, 3.63) is 78.2 Å². The summed E-state index contributed by atoms with van der Waals surface area (Å²) in [6.07, 6.45) is 2.59. The first kappa shape index (κ1) is 23.2. The molecule has 1 amide bonds. The summed E-state index contributed by atoms with van der Waals surface area (Å²) in [4.78, 5) is 20.5. The van der Waals surface area contributed by atoms with Gasteiger partial charge in [0.2, 0.25) is 5.91 Å². The molecule has 6 heteroatoms. The van der Waals surface area contributed by atoms with Crippen molar-refractivity contribution in [1.82, 2.24) is 19.8 Å². The maximum absolute atomic E-state index is 13.3. The molecule has 0 radical (unpaired) electrons. The molecule has 4 rings (SSSR count). The van der Waals surface area contributed by atoms with Gasteiger partial charge in [0.25, 0.3) is 0 Å². The lowest BCUT2D eigenvalue weighted by atomic mass is 9.84. The maximum atomic E-state index is 13.3. The van der Waals surface area contributed by atoms with E-state index in [1.165, 1.54) is 5.56 Å². The Morgan fingerprint density at radius 1 is 1.09 bits per heavy atom. The van der Waals surface area contributed by atoms with Crippen molar-refractivity contribution < 1.29 is 4.79 Å². The third kappa shape index (κ3) is 5.34. The van der Waals surface area contributed by atoms with Gasteiger partial charge in [0, 0.05) is 50.4 Å². The second-order valence-electron chi connectivity index (χ2n) is 9.92. The van der Waals surface area contributed by atoms with Gasteiger partial charge < -0.3 is 20.5 Å². The normalized spacial score (nSPS) is 18.2. The fourth-order valence-electron chi connectivity index (χ4n) is 4.64. The summed E-state index contributed by atoms with van der Waals surface area (Å²) < 4.78 is 2.22. The summed E-state index contributed by atoms with van der Waals surface area (Å²) in [5.74, 6) is 1.06. The van der Waals surface area contributed by atoms with Gasteiger partial charge in [0.1, 0.15) is 5.82 Å². The van der Waals surface area contributed by atoms with Crippen LogP contribution in [0.3, 0.4) is 0 Å². The van der Waals surface area contributed by atoms with Crippen LogP contribution in [0, 0.1) is 5.41 Å². The van der Waals surface area contributed by atoms with Gasteiger partial charge in [-0.15, -0.1) is 0 Å². The van der Waals surface area contributed by atoms with Gasteiger partial charge >= 0.3 is 0 Å². The zero-order valence-corrected chi connectivity index (χ0v) is 19.9. The average Bonchev–Trinajstić information content (AvgIpc) is 3.11. The Hall–Kier alpha value is -2.96. The summed E-state index contributed by atoms with van der Waals surface area (Å²) >= 11 is 0. The van der Waals surface area contributed by atoms with Crippen LogP contribution >= 0.6 is 0 Å². The van der Waals surface area contributed by atoms with Gasteiger partial charge in [-0.2, -0.15) is 0 Å². The molecule has 2 aromatic carbocycles. The summed E-state index contributed by atoms with van der Waals surface area (Å²) in [6, 6.07) is 20.5. The summed E-state index contributed by atoms with van der Waals surface area (Å²) in [7, 11) is 0. The second kappa shape index (κ2) is 9.89. The number of rotatable bonds is 6. The molecule has 1 saturated heterocycles. The molecule has 1 aliphatic rings. The Bertz CT molecular complexity index is 1060. The van der Waals surface area contributed by atoms with E-state index >= 15 is 0 Å². The number of carbonyl (C=O) groups is 1. The topological polar surface area (TPSA) is 76.2 Å². The molecule has 33 heavy (non-hydrogen) atoms. The lowest BCUT2D eigenvalue weighted by molar-refractivity contribution is -0.135. The SMILES string of the molecule is CC(C)(C)C(c1nc(-c2ccccc2)cn1Cc1ccccc1)N1CC(CN)NCCC1=O. The van der Waals surface area contributed by atoms with Crippen LogP contribution < -0.4 is 11.1 Å². The van der Waals surface area contributed by atoms with Crippen molar-refractivity contribution in [2.24, 2.45) is 11.1 Å². The number of benzene rings is 2. The molecule has 0 saturated carbocycles. The van der Waals surface area contributed by atoms with E-state index in [9.17, 15) is 4.79 Å². The van der Waals surface area contributed by atoms with Crippen LogP contribution in [0.15, 0.2) is 66.9 Å². The van der Waals surface area contributed by atoms with Crippen molar-refractivity contribution in [3.63, 3.8) is 0 Å². The van der Waals surface area contributed by atoms with Crippen molar-refractivity contribution in [3.8, 4) is 11.3 Å². The van der Waals surface area contributed by atoms with E-state index in [1.807, 2.05) is 29.2 Å². The fourth-order valence-corrected chi connectivity index (χ4v) is 4.64. The number of nitrogens with two attached hydrogens (primary N) is 1. The number of carbonyl (C=O) groups excluding carboxylic acids is 1. The molecule has 1 aromatic heterocycles. The minimum absolute atomic E-state index is 0.0763. The molecule has 174 valence electrons. The zero-order chi connectivity index (χ0) is 23.4. The highest BCUT2D eigenvalue weighted by Gasteiger charge is 2.39. The lowest BCUT2D eigenvalue weighted by Gasteiger charge is -2.40.